The van der Waals surface area contributed by atoms with E-state index < -0.39 is 4.92 Å². The Hall–Kier alpha value is -2.67. The number of nitro benzene ring substituents is 1. The standard InChI is InChI=1S/C17H19N3O3S/c1-12-4-9-16(23-3)13(10-12)11-19(2)17(24)18-14-5-7-15(8-6-14)20(21)22/h4-10H,11H2,1-3H3,(H,18,24). The zero-order valence-electron chi connectivity index (χ0n) is 13.8. The first-order valence-electron chi connectivity index (χ1n) is 7.31. The van der Waals surface area contributed by atoms with Crippen molar-refractivity contribution < 1.29 is 9.66 Å². The van der Waals surface area contributed by atoms with Gasteiger partial charge in [0.05, 0.1) is 12.0 Å². The lowest BCUT2D eigenvalue weighted by Gasteiger charge is -2.22. The number of methoxy groups -OCH3 is 1. The van der Waals surface area contributed by atoms with Gasteiger partial charge in [0.15, 0.2) is 5.11 Å². The molecule has 1 N–H and O–H groups in total. The highest BCUT2D eigenvalue weighted by Gasteiger charge is 2.11. The molecule has 0 saturated carbocycles. The molecule has 0 bridgehead atoms. The number of ether oxygens (including phenoxy) is 1. The van der Waals surface area contributed by atoms with E-state index in [0.717, 1.165) is 16.9 Å². The molecule has 0 aromatic heterocycles. The number of nitrogens with zero attached hydrogens (tertiary/aromatic N) is 2. The Morgan fingerprint density at radius 3 is 2.54 bits per heavy atom. The fourth-order valence-electron chi connectivity index (χ4n) is 2.24. The number of hydrogen-bond donors (Lipinski definition) is 1. The van der Waals surface area contributed by atoms with Crippen LogP contribution in [-0.2, 0) is 6.54 Å². The van der Waals surface area contributed by atoms with Gasteiger partial charge in [0, 0.05) is 37.0 Å². The molecule has 2 rings (SSSR count). The highest BCUT2D eigenvalue weighted by molar-refractivity contribution is 7.80. The van der Waals surface area contributed by atoms with Crippen molar-refractivity contribution in [3.05, 3.63) is 63.7 Å². The lowest BCUT2D eigenvalue weighted by molar-refractivity contribution is -0.384. The molecular formula is C17H19N3O3S. The van der Waals surface area contributed by atoms with E-state index in [4.69, 9.17) is 17.0 Å². The summed E-state index contributed by atoms with van der Waals surface area (Å²) in [7, 11) is 3.52. The van der Waals surface area contributed by atoms with Gasteiger partial charge in [-0.05, 0) is 37.3 Å². The molecule has 0 aliphatic rings. The van der Waals surface area contributed by atoms with Crippen LogP contribution in [0, 0.1) is 17.0 Å². The first-order valence-corrected chi connectivity index (χ1v) is 7.71. The predicted octanol–water partition coefficient (Wildman–Crippen LogP) is 3.74. The van der Waals surface area contributed by atoms with Crippen LogP contribution in [0.3, 0.4) is 0 Å². The van der Waals surface area contributed by atoms with Crippen LogP contribution in [-0.4, -0.2) is 29.1 Å². The number of nitrogens with one attached hydrogen (secondary N) is 1. The molecule has 2 aromatic carbocycles. The Balaban J connectivity index is 2.04. The Bertz CT molecular complexity index is 747. The number of benzene rings is 2. The van der Waals surface area contributed by atoms with Gasteiger partial charge in [-0.2, -0.15) is 0 Å². The van der Waals surface area contributed by atoms with Gasteiger partial charge < -0.3 is 15.0 Å². The zero-order chi connectivity index (χ0) is 17.7. The van der Waals surface area contributed by atoms with Crippen molar-refractivity contribution in [3.8, 4) is 5.75 Å². The van der Waals surface area contributed by atoms with Crippen LogP contribution in [0.15, 0.2) is 42.5 Å². The number of thiocarbonyl (C=S) groups is 1. The Morgan fingerprint density at radius 1 is 1.29 bits per heavy atom. The number of anilines is 1. The van der Waals surface area contributed by atoms with E-state index in [0.29, 0.717) is 17.3 Å². The smallest absolute Gasteiger partial charge is 0.269 e. The number of nitro groups is 1. The fourth-order valence-corrected chi connectivity index (χ4v) is 2.43. The van der Waals surface area contributed by atoms with E-state index in [-0.39, 0.29) is 5.69 Å². The monoisotopic (exact) mass is 345 g/mol. The minimum Gasteiger partial charge on any atom is -0.496 e. The maximum absolute atomic E-state index is 10.7. The zero-order valence-corrected chi connectivity index (χ0v) is 14.6. The third-order valence-corrected chi connectivity index (χ3v) is 3.93. The summed E-state index contributed by atoms with van der Waals surface area (Å²) >= 11 is 5.39. The summed E-state index contributed by atoms with van der Waals surface area (Å²) in [6.45, 7) is 2.61. The molecule has 0 unspecified atom stereocenters. The largest absolute Gasteiger partial charge is 0.496 e. The number of aryl methyl sites for hydroxylation is 1. The molecule has 0 heterocycles. The van der Waals surface area contributed by atoms with Crippen LogP contribution in [0.1, 0.15) is 11.1 Å². The minimum absolute atomic E-state index is 0.0457. The Kier molecular flexibility index (Phi) is 5.70. The molecule has 0 atom stereocenters. The second-order valence-corrected chi connectivity index (χ2v) is 5.79. The summed E-state index contributed by atoms with van der Waals surface area (Å²) in [5, 5.41) is 14.3. The van der Waals surface area contributed by atoms with Gasteiger partial charge in [0.1, 0.15) is 5.75 Å². The van der Waals surface area contributed by atoms with Gasteiger partial charge in [0.2, 0.25) is 0 Å². The summed E-state index contributed by atoms with van der Waals surface area (Å²) in [4.78, 5) is 12.1. The van der Waals surface area contributed by atoms with Crippen LogP contribution in [0.2, 0.25) is 0 Å². The van der Waals surface area contributed by atoms with Crippen molar-refractivity contribution in [1.29, 1.82) is 0 Å². The molecule has 126 valence electrons. The highest BCUT2D eigenvalue weighted by Crippen LogP contribution is 2.21. The normalized spacial score (nSPS) is 10.1. The van der Waals surface area contributed by atoms with Gasteiger partial charge in [-0.15, -0.1) is 0 Å². The topological polar surface area (TPSA) is 67.6 Å². The molecule has 2 aromatic rings. The van der Waals surface area contributed by atoms with Crippen molar-refractivity contribution in [2.75, 3.05) is 19.5 Å². The van der Waals surface area contributed by atoms with Crippen molar-refractivity contribution in [2.45, 2.75) is 13.5 Å². The van der Waals surface area contributed by atoms with Crippen LogP contribution < -0.4 is 10.1 Å². The summed E-state index contributed by atoms with van der Waals surface area (Å²) < 4.78 is 5.38. The molecule has 0 fully saturated rings. The minimum atomic E-state index is -0.432. The molecule has 0 aliphatic heterocycles. The van der Waals surface area contributed by atoms with Crippen LogP contribution >= 0.6 is 12.2 Å². The third kappa shape index (κ3) is 4.42. The second-order valence-electron chi connectivity index (χ2n) is 5.41. The van der Waals surface area contributed by atoms with Crippen LogP contribution in [0.25, 0.3) is 0 Å². The van der Waals surface area contributed by atoms with Gasteiger partial charge in [-0.1, -0.05) is 17.7 Å². The van der Waals surface area contributed by atoms with E-state index in [1.807, 2.05) is 31.0 Å². The molecule has 0 radical (unpaired) electrons. The fraction of sp³-hybridized carbons (Fsp3) is 0.235. The summed E-state index contributed by atoms with van der Waals surface area (Å²) in [6, 6.07) is 12.1. The first-order chi connectivity index (χ1) is 11.4. The molecular weight excluding hydrogens is 326 g/mol. The molecule has 6 nitrogen and oxygen atoms in total. The first kappa shape index (κ1) is 17.7. The van der Waals surface area contributed by atoms with Crippen molar-refractivity contribution in [1.82, 2.24) is 4.90 Å². The maximum Gasteiger partial charge on any atom is 0.269 e. The molecule has 0 amide bonds. The lowest BCUT2D eigenvalue weighted by Crippen LogP contribution is -2.30. The average Bonchev–Trinajstić information content (AvgIpc) is 2.55. The summed E-state index contributed by atoms with van der Waals surface area (Å²) in [5.74, 6) is 0.811. The SMILES string of the molecule is COc1ccc(C)cc1CN(C)C(=S)Nc1ccc([N+](=O)[O-])cc1. The molecule has 0 saturated heterocycles. The number of rotatable bonds is 5. The van der Waals surface area contributed by atoms with Crippen LogP contribution in [0.4, 0.5) is 11.4 Å². The van der Waals surface area contributed by atoms with Gasteiger partial charge in [-0.3, -0.25) is 10.1 Å². The molecule has 0 aliphatic carbocycles. The average molecular weight is 345 g/mol. The predicted molar refractivity (Wildman–Crippen MR) is 98.5 cm³/mol. The maximum atomic E-state index is 10.7. The van der Waals surface area contributed by atoms with Crippen LogP contribution in [0.5, 0.6) is 5.75 Å². The quantitative estimate of drug-likeness (QED) is 0.506. The highest BCUT2D eigenvalue weighted by atomic mass is 32.1. The molecule has 0 spiro atoms. The van der Waals surface area contributed by atoms with Crippen molar-refractivity contribution in [3.63, 3.8) is 0 Å². The van der Waals surface area contributed by atoms with Gasteiger partial charge in [-0.25, -0.2) is 0 Å². The molecule has 24 heavy (non-hydrogen) atoms. The summed E-state index contributed by atoms with van der Waals surface area (Å²) in [5.41, 5.74) is 2.93. The van der Waals surface area contributed by atoms with E-state index in [2.05, 4.69) is 11.4 Å². The van der Waals surface area contributed by atoms with Gasteiger partial charge in [0.25, 0.3) is 5.69 Å². The number of hydrogen-bond acceptors (Lipinski definition) is 4. The van der Waals surface area contributed by atoms with E-state index in [1.54, 1.807) is 19.2 Å². The van der Waals surface area contributed by atoms with Crippen molar-refractivity contribution >= 4 is 28.7 Å². The van der Waals surface area contributed by atoms with E-state index >= 15 is 0 Å². The number of non-ortho nitro benzene ring substituents is 1. The Morgan fingerprint density at radius 2 is 1.96 bits per heavy atom. The van der Waals surface area contributed by atoms with Crippen molar-refractivity contribution in [2.24, 2.45) is 0 Å². The van der Waals surface area contributed by atoms with Gasteiger partial charge >= 0.3 is 0 Å². The lowest BCUT2D eigenvalue weighted by atomic mass is 10.1. The molecule has 7 heteroatoms. The Labute approximate surface area is 146 Å². The van der Waals surface area contributed by atoms with E-state index in [9.17, 15) is 10.1 Å². The second kappa shape index (κ2) is 7.74. The summed E-state index contributed by atoms with van der Waals surface area (Å²) in [6.07, 6.45) is 0. The third-order valence-electron chi connectivity index (χ3n) is 3.52. The van der Waals surface area contributed by atoms with E-state index in [1.165, 1.54) is 12.1 Å².